The van der Waals surface area contributed by atoms with E-state index in [1.807, 2.05) is 13.0 Å². The van der Waals surface area contributed by atoms with Gasteiger partial charge in [0.1, 0.15) is 0 Å². The maximum Gasteiger partial charge on any atom is 0.204 e. The van der Waals surface area contributed by atoms with Crippen molar-refractivity contribution in [2.45, 2.75) is 6.92 Å². The zero-order valence-corrected chi connectivity index (χ0v) is 10.3. The molecule has 0 saturated heterocycles. The Morgan fingerprint density at radius 2 is 1.57 bits per heavy atom. The summed E-state index contributed by atoms with van der Waals surface area (Å²) < 4.78 is 16.5. The molecule has 4 heteroatoms. The van der Waals surface area contributed by atoms with Crippen LogP contribution < -0.4 is 14.2 Å². The number of ether oxygens (including phenoxy) is 3. The van der Waals surface area contributed by atoms with Crippen molar-refractivity contribution in [3.05, 3.63) is 16.1 Å². The Morgan fingerprint density at radius 1 is 1.00 bits per heavy atom. The molecule has 0 fully saturated rings. The van der Waals surface area contributed by atoms with Gasteiger partial charge in [-0.15, -0.1) is 0 Å². The molecule has 3 nitrogen and oxygen atoms in total. The van der Waals surface area contributed by atoms with E-state index in [0.717, 1.165) is 10.0 Å². The molecule has 0 aliphatic carbocycles. The van der Waals surface area contributed by atoms with Crippen LogP contribution in [0.3, 0.4) is 0 Å². The second kappa shape index (κ2) is 4.55. The number of hydrogen-bond donors (Lipinski definition) is 0. The van der Waals surface area contributed by atoms with Gasteiger partial charge in [-0.05, 0) is 34.5 Å². The summed E-state index contributed by atoms with van der Waals surface area (Å²) in [7, 11) is 4.79. The quantitative estimate of drug-likeness (QED) is 0.837. The molecule has 0 bridgehead atoms. The number of methoxy groups -OCH3 is 3. The summed E-state index contributed by atoms with van der Waals surface area (Å²) in [5.74, 6) is 1.93. The SMILES string of the molecule is COc1cc(C)c(Br)c(OC)c1OC. The molecular weight excluding hydrogens is 248 g/mol. The largest absolute Gasteiger partial charge is 0.493 e. The smallest absolute Gasteiger partial charge is 0.204 e. The van der Waals surface area contributed by atoms with Gasteiger partial charge in [0.25, 0.3) is 0 Å². The van der Waals surface area contributed by atoms with Crippen molar-refractivity contribution >= 4 is 15.9 Å². The lowest BCUT2D eigenvalue weighted by atomic mass is 10.2. The highest BCUT2D eigenvalue weighted by molar-refractivity contribution is 9.10. The molecule has 0 amide bonds. The van der Waals surface area contributed by atoms with Crippen molar-refractivity contribution in [2.24, 2.45) is 0 Å². The Morgan fingerprint density at radius 3 is 2.00 bits per heavy atom. The molecule has 0 radical (unpaired) electrons. The van der Waals surface area contributed by atoms with Crippen molar-refractivity contribution in [1.82, 2.24) is 0 Å². The van der Waals surface area contributed by atoms with E-state index in [4.69, 9.17) is 14.2 Å². The molecule has 14 heavy (non-hydrogen) atoms. The van der Waals surface area contributed by atoms with Crippen molar-refractivity contribution in [3.8, 4) is 17.2 Å². The second-order valence-electron chi connectivity index (χ2n) is 2.78. The number of aryl methyl sites for hydroxylation is 1. The zero-order chi connectivity index (χ0) is 10.7. The van der Waals surface area contributed by atoms with E-state index >= 15 is 0 Å². The van der Waals surface area contributed by atoms with Gasteiger partial charge in [0.15, 0.2) is 11.5 Å². The minimum Gasteiger partial charge on any atom is -0.493 e. The topological polar surface area (TPSA) is 27.7 Å². The van der Waals surface area contributed by atoms with Crippen molar-refractivity contribution in [3.63, 3.8) is 0 Å². The highest BCUT2D eigenvalue weighted by atomic mass is 79.9. The average Bonchev–Trinajstić information content (AvgIpc) is 2.20. The van der Waals surface area contributed by atoms with E-state index in [9.17, 15) is 0 Å². The fourth-order valence-electron chi connectivity index (χ4n) is 1.24. The summed E-state index contributed by atoms with van der Waals surface area (Å²) in [4.78, 5) is 0. The normalized spacial score (nSPS) is 9.79. The minimum atomic E-state index is 0.604. The highest BCUT2D eigenvalue weighted by Crippen LogP contribution is 2.44. The van der Waals surface area contributed by atoms with Crippen LogP contribution in [0.25, 0.3) is 0 Å². The summed E-state index contributed by atoms with van der Waals surface area (Å²) in [6, 6.07) is 1.89. The van der Waals surface area contributed by atoms with Gasteiger partial charge in [-0.2, -0.15) is 0 Å². The highest BCUT2D eigenvalue weighted by Gasteiger charge is 2.16. The standard InChI is InChI=1S/C10H13BrO3/c1-6-5-7(12-2)9(13-3)10(14-4)8(6)11/h5H,1-4H3. The minimum absolute atomic E-state index is 0.604. The lowest BCUT2D eigenvalue weighted by Crippen LogP contribution is -1.96. The van der Waals surface area contributed by atoms with Crippen molar-refractivity contribution < 1.29 is 14.2 Å². The lowest BCUT2D eigenvalue weighted by molar-refractivity contribution is 0.322. The molecule has 0 atom stereocenters. The van der Waals surface area contributed by atoms with Gasteiger partial charge < -0.3 is 14.2 Å². The average molecular weight is 261 g/mol. The van der Waals surface area contributed by atoms with Gasteiger partial charge in [0.05, 0.1) is 25.8 Å². The first-order valence-electron chi connectivity index (χ1n) is 4.10. The van der Waals surface area contributed by atoms with Gasteiger partial charge in [0.2, 0.25) is 5.75 Å². The molecule has 78 valence electrons. The molecule has 0 aliphatic heterocycles. The predicted molar refractivity (Wildman–Crippen MR) is 58.5 cm³/mol. The molecular formula is C10H13BrO3. The van der Waals surface area contributed by atoms with Crippen LogP contribution >= 0.6 is 15.9 Å². The summed E-state index contributed by atoms with van der Waals surface area (Å²) in [5.41, 5.74) is 1.04. The first-order valence-corrected chi connectivity index (χ1v) is 4.90. The van der Waals surface area contributed by atoms with Crippen LogP contribution in [0.4, 0.5) is 0 Å². The number of rotatable bonds is 3. The van der Waals surface area contributed by atoms with E-state index in [1.54, 1.807) is 21.3 Å². The Labute approximate surface area is 92.1 Å². The third-order valence-corrected chi connectivity index (χ3v) is 2.94. The molecule has 1 aromatic carbocycles. The summed E-state index contributed by atoms with van der Waals surface area (Å²) in [5, 5.41) is 0. The van der Waals surface area contributed by atoms with Crippen LogP contribution in [0.15, 0.2) is 10.5 Å². The first-order chi connectivity index (χ1) is 6.65. The fourth-order valence-corrected chi connectivity index (χ4v) is 1.70. The van der Waals surface area contributed by atoms with Crippen molar-refractivity contribution in [1.29, 1.82) is 0 Å². The molecule has 0 aromatic heterocycles. The molecule has 0 unspecified atom stereocenters. The second-order valence-corrected chi connectivity index (χ2v) is 3.57. The van der Waals surface area contributed by atoms with Crippen LogP contribution in [0.1, 0.15) is 5.56 Å². The monoisotopic (exact) mass is 260 g/mol. The molecule has 0 heterocycles. The lowest BCUT2D eigenvalue weighted by Gasteiger charge is -2.14. The van der Waals surface area contributed by atoms with Crippen LogP contribution in [-0.4, -0.2) is 21.3 Å². The van der Waals surface area contributed by atoms with E-state index in [-0.39, 0.29) is 0 Å². The van der Waals surface area contributed by atoms with E-state index in [1.165, 1.54) is 0 Å². The van der Waals surface area contributed by atoms with Crippen LogP contribution in [0.2, 0.25) is 0 Å². The fraction of sp³-hybridized carbons (Fsp3) is 0.400. The van der Waals surface area contributed by atoms with Crippen molar-refractivity contribution in [2.75, 3.05) is 21.3 Å². The maximum atomic E-state index is 5.24. The maximum absolute atomic E-state index is 5.24. The molecule has 0 aliphatic rings. The Balaban J connectivity index is 3.42. The summed E-state index contributed by atoms with van der Waals surface area (Å²) >= 11 is 3.43. The zero-order valence-electron chi connectivity index (χ0n) is 8.68. The number of halogens is 1. The van der Waals surface area contributed by atoms with Crippen LogP contribution in [0, 0.1) is 6.92 Å². The molecule has 0 spiro atoms. The van der Waals surface area contributed by atoms with Crippen LogP contribution in [0.5, 0.6) is 17.2 Å². The third kappa shape index (κ3) is 1.80. The van der Waals surface area contributed by atoms with E-state index < -0.39 is 0 Å². The number of hydrogen-bond acceptors (Lipinski definition) is 3. The molecule has 0 N–H and O–H groups in total. The Bertz CT molecular complexity index is 337. The van der Waals surface area contributed by atoms with Gasteiger partial charge in [-0.25, -0.2) is 0 Å². The summed E-state index contributed by atoms with van der Waals surface area (Å²) in [6.07, 6.45) is 0. The summed E-state index contributed by atoms with van der Waals surface area (Å²) in [6.45, 7) is 1.97. The predicted octanol–water partition coefficient (Wildman–Crippen LogP) is 2.78. The van der Waals surface area contributed by atoms with Gasteiger partial charge in [-0.3, -0.25) is 0 Å². The third-order valence-electron chi connectivity index (χ3n) is 1.95. The van der Waals surface area contributed by atoms with Gasteiger partial charge >= 0.3 is 0 Å². The number of benzene rings is 1. The molecule has 1 aromatic rings. The molecule has 0 saturated carbocycles. The van der Waals surface area contributed by atoms with Gasteiger partial charge in [0, 0.05) is 0 Å². The van der Waals surface area contributed by atoms with E-state index in [2.05, 4.69) is 15.9 Å². The first kappa shape index (κ1) is 11.2. The van der Waals surface area contributed by atoms with Gasteiger partial charge in [-0.1, -0.05) is 0 Å². The van der Waals surface area contributed by atoms with E-state index in [0.29, 0.717) is 17.2 Å². The Hall–Kier alpha value is -0.900. The molecule has 1 rings (SSSR count). The van der Waals surface area contributed by atoms with Crippen LogP contribution in [-0.2, 0) is 0 Å². The Kier molecular flexibility index (Phi) is 3.63.